The molecule has 0 radical (unpaired) electrons. The van der Waals surface area contributed by atoms with E-state index in [2.05, 4.69) is 0 Å². The highest BCUT2D eigenvalue weighted by Gasteiger charge is 2.13. The van der Waals surface area contributed by atoms with Crippen LogP contribution in [0.4, 0.5) is 0 Å². The van der Waals surface area contributed by atoms with Gasteiger partial charge in [0.25, 0.3) is 0 Å². The Labute approximate surface area is 138 Å². The third kappa shape index (κ3) is 3.81. The van der Waals surface area contributed by atoms with Crippen molar-refractivity contribution in [2.24, 2.45) is 5.73 Å². The van der Waals surface area contributed by atoms with E-state index in [9.17, 15) is 0 Å². The summed E-state index contributed by atoms with van der Waals surface area (Å²) in [5, 5.41) is 2.49. The van der Waals surface area contributed by atoms with Crippen molar-refractivity contribution in [3.63, 3.8) is 0 Å². The standard InChI is InChI=1S/C15H13Cl4N/c16-9-4-5-11(14(19)8-9)15(20)7-6-10-12(17)2-1-3-13(10)18/h1-5,8,15H,6-7,20H2/t15-/m0/s1. The molecule has 0 bridgehead atoms. The zero-order valence-corrected chi connectivity index (χ0v) is 13.6. The van der Waals surface area contributed by atoms with Crippen molar-refractivity contribution in [1.82, 2.24) is 0 Å². The van der Waals surface area contributed by atoms with Gasteiger partial charge in [-0.1, -0.05) is 58.5 Å². The molecule has 2 N–H and O–H groups in total. The van der Waals surface area contributed by atoms with Gasteiger partial charge in [-0.2, -0.15) is 0 Å². The van der Waals surface area contributed by atoms with Crippen LogP contribution >= 0.6 is 46.4 Å². The average molecular weight is 349 g/mol. The van der Waals surface area contributed by atoms with E-state index < -0.39 is 0 Å². The Morgan fingerprint density at radius 3 is 2.15 bits per heavy atom. The topological polar surface area (TPSA) is 26.0 Å². The van der Waals surface area contributed by atoms with Crippen molar-refractivity contribution in [3.8, 4) is 0 Å². The van der Waals surface area contributed by atoms with Gasteiger partial charge >= 0.3 is 0 Å². The monoisotopic (exact) mass is 347 g/mol. The molecule has 0 amide bonds. The van der Waals surface area contributed by atoms with Crippen LogP contribution in [0.15, 0.2) is 36.4 Å². The summed E-state index contributed by atoms with van der Waals surface area (Å²) >= 11 is 24.3. The summed E-state index contributed by atoms with van der Waals surface area (Å²) in [6, 6.07) is 10.6. The lowest BCUT2D eigenvalue weighted by Gasteiger charge is -2.15. The number of benzene rings is 2. The van der Waals surface area contributed by atoms with Gasteiger partial charge in [-0.05, 0) is 48.2 Å². The van der Waals surface area contributed by atoms with Gasteiger partial charge in [0.2, 0.25) is 0 Å². The number of hydrogen-bond acceptors (Lipinski definition) is 1. The summed E-state index contributed by atoms with van der Waals surface area (Å²) in [6.07, 6.45) is 1.39. The zero-order chi connectivity index (χ0) is 14.7. The molecule has 1 atom stereocenters. The molecule has 0 aliphatic heterocycles. The zero-order valence-electron chi connectivity index (χ0n) is 10.5. The lowest BCUT2D eigenvalue weighted by molar-refractivity contribution is 0.652. The van der Waals surface area contributed by atoms with Crippen LogP contribution in [-0.4, -0.2) is 0 Å². The molecule has 20 heavy (non-hydrogen) atoms. The highest BCUT2D eigenvalue weighted by Crippen LogP contribution is 2.30. The van der Waals surface area contributed by atoms with Crippen LogP contribution in [0.2, 0.25) is 20.1 Å². The minimum absolute atomic E-state index is 0.188. The SMILES string of the molecule is N[C@@H](CCc1c(Cl)cccc1Cl)c1ccc(Cl)cc1Cl. The second kappa shape index (κ2) is 7.02. The molecule has 1 nitrogen and oxygen atoms in total. The second-order valence-electron chi connectivity index (χ2n) is 4.51. The van der Waals surface area contributed by atoms with E-state index in [0.717, 1.165) is 11.1 Å². The van der Waals surface area contributed by atoms with Gasteiger partial charge in [-0.25, -0.2) is 0 Å². The summed E-state index contributed by atoms with van der Waals surface area (Å²) in [5.41, 5.74) is 7.97. The van der Waals surface area contributed by atoms with Gasteiger partial charge in [0.15, 0.2) is 0 Å². The minimum Gasteiger partial charge on any atom is -0.324 e. The van der Waals surface area contributed by atoms with E-state index in [1.165, 1.54) is 0 Å². The minimum atomic E-state index is -0.188. The number of hydrogen-bond donors (Lipinski definition) is 1. The van der Waals surface area contributed by atoms with E-state index >= 15 is 0 Å². The van der Waals surface area contributed by atoms with Crippen LogP contribution < -0.4 is 5.73 Å². The molecule has 2 rings (SSSR count). The first kappa shape index (κ1) is 15.9. The fourth-order valence-electron chi connectivity index (χ4n) is 2.03. The molecule has 106 valence electrons. The molecule has 0 spiro atoms. The van der Waals surface area contributed by atoms with Crippen LogP contribution in [0.3, 0.4) is 0 Å². The first-order valence-electron chi connectivity index (χ1n) is 6.12. The Hall–Kier alpha value is -0.440. The van der Waals surface area contributed by atoms with Crippen LogP contribution in [0, 0.1) is 0 Å². The van der Waals surface area contributed by atoms with E-state index in [-0.39, 0.29) is 6.04 Å². The Kier molecular flexibility index (Phi) is 5.59. The smallest absolute Gasteiger partial charge is 0.0468 e. The van der Waals surface area contributed by atoms with Crippen molar-refractivity contribution in [3.05, 3.63) is 67.6 Å². The fraction of sp³-hybridized carbons (Fsp3) is 0.200. The van der Waals surface area contributed by atoms with Gasteiger partial charge < -0.3 is 5.73 Å². The van der Waals surface area contributed by atoms with Crippen LogP contribution in [0.1, 0.15) is 23.6 Å². The predicted molar refractivity (Wildman–Crippen MR) is 88.2 cm³/mol. The van der Waals surface area contributed by atoms with Gasteiger partial charge in [0, 0.05) is 26.1 Å². The third-order valence-corrected chi connectivity index (χ3v) is 4.40. The van der Waals surface area contributed by atoms with Gasteiger partial charge in [0.1, 0.15) is 0 Å². The van der Waals surface area contributed by atoms with E-state index in [0.29, 0.717) is 32.9 Å². The van der Waals surface area contributed by atoms with Crippen molar-refractivity contribution in [2.75, 3.05) is 0 Å². The number of nitrogens with two attached hydrogens (primary N) is 1. The van der Waals surface area contributed by atoms with Gasteiger partial charge in [0.05, 0.1) is 0 Å². The molecule has 0 heterocycles. The molecule has 0 aliphatic rings. The summed E-state index contributed by atoms with van der Waals surface area (Å²) in [5.74, 6) is 0. The second-order valence-corrected chi connectivity index (χ2v) is 6.17. The lowest BCUT2D eigenvalue weighted by atomic mass is 9.99. The molecule has 0 fully saturated rings. The van der Waals surface area contributed by atoms with Crippen molar-refractivity contribution < 1.29 is 0 Å². The molecule has 2 aromatic rings. The van der Waals surface area contributed by atoms with Crippen LogP contribution in [-0.2, 0) is 6.42 Å². The summed E-state index contributed by atoms with van der Waals surface area (Å²) in [6.45, 7) is 0. The molecule has 0 unspecified atom stereocenters. The highest BCUT2D eigenvalue weighted by molar-refractivity contribution is 6.36. The van der Waals surface area contributed by atoms with Gasteiger partial charge in [-0.15, -0.1) is 0 Å². The maximum atomic E-state index is 6.18. The van der Waals surface area contributed by atoms with Crippen LogP contribution in [0.5, 0.6) is 0 Å². The quantitative estimate of drug-likeness (QED) is 0.727. The molecule has 0 saturated carbocycles. The summed E-state index contributed by atoms with van der Waals surface area (Å²) in [4.78, 5) is 0. The first-order chi connectivity index (χ1) is 9.49. The Morgan fingerprint density at radius 1 is 0.900 bits per heavy atom. The van der Waals surface area contributed by atoms with E-state index in [1.54, 1.807) is 12.1 Å². The van der Waals surface area contributed by atoms with E-state index in [4.69, 9.17) is 52.1 Å². The average Bonchev–Trinajstić information content (AvgIpc) is 2.37. The fourth-order valence-corrected chi connectivity index (χ4v) is 3.16. The van der Waals surface area contributed by atoms with Crippen molar-refractivity contribution in [1.29, 1.82) is 0 Å². The van der Waals surface area contributed by atoms with Crippen LogP contribution in [0.25, 0.3) is 0 Å². The predicted octanol–water partition coefficient (Wildman–Crippen LogP) is 5.93. The molecular weight excluding hydrogens is 336 g/mol. The molecule has 2 aromatic carbocycles. The normalized spacial score (nSPS) is 12.4. The number of rotatable bonds is 4. The Balaban J connectivity index is 2.11. The van der Waals surface area contributed by atoms with Crippen molar-refractivity contribution in [2.45, 2.75) is 18.9 Å². The number of halogens is 4. The van der Waals surface area contributed by atoms with E-state index in [1.807, 2.05) is 24.3 Å². The Bertz CT molecular complexity index is 593. The summed E-state index contributed by atoms with van der Waals surface area (Å²) < 4.78 is 0. The molecule has 0 aliphatic carbocycles. The third-order valence-electron chi connectivity index (χ3n) is 3.13. The first-order valence-corrected chi connectivity index (χ1v) is 7.63. The largest absolute Gasteiger partial charge is 0.324 e. The Morgan fingerprint density at radius 2 is 1.55 bits per heavy atom. The molecule has 0 saturated heterocycles. The van der Waals surface area contributed by atoms with Gasteiger partial charge in [-0.3, -0.25) is 0 Å². The lowest BCUT2D eigenvalue weighted by Crippen LogP contribution is -2.12. The molecule has 5 heteroatoms. The summed E-state index contributed by atoms with van der Waals surface area (Å²) in [7, 11) is 0. The molecule has 0 aromatic heterocycles. The maximum absolute atomic E-state index is 6.18. The maximum Gasteiger partial charge on any atom is 0.0468 e. The molecular formula is C15H13Cl4N. The highest BCUT2D eigenvalue weighted by atomic mass is 35.5. The van der Waals surface area contributed by atoms with Crippen molar-refractivity contribution >= 4 is 46.4 Å².